The van der Waals surface area contributed by atoms with Crippen molar-refractivity contribution in [2.24, 2.45) is 0 Å². The van der Waals surface area contributed by atoms with E-state index in [-0.39, 0.29) is 11.3 Å². The van der Waals surface area contributed by atoms with Crippen LogP contribution in [0.5, 0.6) is 0 Å². The summed E-state index contributed by atoms with van der Waals surface area (Å²) >= 11 is 5.69. The first-order chi connectivity index (χ1) is 7.95. The molecule has 0 saturated heterocycles. The minimum atomic E-state index is -0.984. The third-order valence-electron chi connectivity index (χ3n) is 2.05. The van der Waals surface area contributed by atoms with Crippen LogP contribution in [0.4, 0.5) is 5.69 Å². The molecule has 0 heterocycles. The molecule has 0 radical (unpaired) electrons. The van der Waals surface area contributed by atoms with Gasteiger partial charge in [-0.05, 0) is 25.1 Å². The van der Waals surface area contributed by atoms with Crippen LogP contribution in [0.3, 0.4) is 0 Å². The van der Waals surface area contributed by atoms with Gasteiger partial charge in [0, 0.05) is 10.7 Å². The Morgan fingerprint density at radius 2 is 2.06 bits per heavy atom. The van der Waals surface area contributed by atoms with Crippen molar-refractivity contribution >= 4 is 29.2 Å². The average molecular weight is 258 g/mol. The molecule has 0 saturated carbocycles. The summed E-state index contributed by atoms with van der Waals surface area (Å²) in [4.78, 5) is 22.7. The van der Waals surface area contributed by atoms with Crippen LogP contribution in [0.1, 0.15) is 17.3 Å². The lowest BCUT2D eigenvalue weighted by Gasteiger charge is -2.11. The Labute approximate surface area is 103 Å². The normalized spacial score (nSPS) is 11.7. The summed E-state index contributed by atoms with van der Waals surface area (Å²) in [6.07, 6.45) is -0.984. The van der Waals surface area contributed by atoms with E-state index in [0.717, 1.165) is 0 Å². The number of carbonyl (C=O) groups is 2. The van der Waals surface area contributed by atoms with Gasteiger partial charge in [-0.25, -0.2) is 9.59 Å². The third-order valence-corrected chi connectivity index (χ3v) is 2.29. The van der Waals surface area contributed by atoms with Crippen molar-refractivity contribution < 1.29 is 19.1 Å². The second-order valence-corrected chi connectivity index (χ2v) is 3.74. The molecule has 5 nitrogen and oxygen atoms in total. The fraction of sp³-hybridized carbons (Fsp3) is 0.273. The number of esters is 2. The molecule has 1 aromatic rings. The Balaban J connectivity index is 2.80. The molecule has 0 amide bonds. The number of nitrogens with two attached hydrogens (primary N) is 1. The van der Waals surface area contributed by atoms with Crippen molar-refractivity contribution in [3.63, 3.8) is 0 Å². The maximum Gasteiger partial charge on any atom is 0.346 e. The first-order valence-corrected chi connectivity index (χ1v) is 5.17. The predicted molar refractivity (Wildman–Crippen MR) is 62.8 cm³/mol. The smallest absolute Gasteiger partial charge is 0.346 e. The zero-order chi connectivity index (χ0) is 13.0. The second kappa shape index (κ2) is 5.54. The van der Waals surface area contributed by atoms with Gasteiger partial charge in [0.05, 0.1) is 12.7 Å². The largest absolute Gasteiger partial charge is 0.466 e. The Hall–Kier alpha value is -1.75. The molecule has 6 heteroatoms. The van der Waals surface area contributed by atoms with Crippen LogP contribution in [0, 0.1) is 0 Å². The highest BCUT2D eigenvalue weighted by molar-refractivity contribution is 6.31. The molecule has 0 bridgehead atoms. The molecule has 1 unspecified atom stereocenters. The van der Waals surface area contributed by atoms with Crippen molar-refractivity contribution in [2.45, 2.75) is 13.0 Å². The molecular weight excluding hydrogens is 246 g/mol. The topological polar surface area (TPSA) is 78.6 Å². The van der Waals surface area contributed by atoms with E-state index < -0.39 is 18.0 Å². The molecule has 1 rings (SSSR count). The van der Waals surface area contributed by atoms with Crippen molar-refractivity contribution in [3.05, 3.63) is 28.8 Å². The second-order valence-electron chi connectivity index (χ2n) is 3.30. The molecule has 2 N–H and O–H groups in total. The Bertz CT molecular complexity index is 447. The summed E-state index contributed by atoms with van der Waals surface area (Å²) in [6.45, 7) is 1.41. The molecule has 0 fully saturated rings. The fourth-order valence-corrected chi connectivity index (χ4v) is 1.34. The lowest BCUT2D eigenvalue weighted by Crippen LogP contribution is -2.25. The van der Waals surface area contributed by atoms with Gasteiger partial charge >= 0.3 is 11.9 Å². The number of hydrogen-bond acceptors (Lipinski definition) is 5. The maximum atomic E-state index is 11.7. The Morgan fingerprint density at radius 1 is 1.41 bits per heavy atom. The number of carbonyl (C=O) groups excluding carboxylic acids is 2. The van der Waals surface area contributed by atoms with Crippen molar-refractivity contribution in [1.29, 1.82) is 0 Å². The van der Waals surface area contributed by atoms with Crippen LogP contribution in [0.25, 0.3) is 0 Å². The molecule has 0 aliphatic heterocycles. The summed E-state index contributed by atoms with van der Waals surface area (Å²) in [5, 5.41) is 0.417. The number of ether oxygens (including phenoxy) is 2. The highest BCUT2D eigenvalue weighted by Crippen LogP contribution is 2.19. The van der Waals surface area contributed by atoms with Crippen LogP contribution in [0.2, 0.25) is 5.02 Å². The van der Waals surface area contributed by atoms with Gasteiger partial charge in [-0.2, -0.15) is 0 Å². The molecule has 0 aliphatic carbocycles. The molecule has 0 spiro atoms. The van der Waals surface area contributed by atoms with Gasteiger partial charge in [-0.15, -0.1) is 0 Å². The van der Waals surface area contributed by atoms with Crippen LogP contribution in [-0.2, 0) is 14.3 Å². The van der Waals surface area contributed by atoms with E-state index in [2.05, 4.69) is 4.74 Å². The van der Waals surface area contributed by atoms with Crippen molar-refractivity contribution in [2.75, 3.05) is 12.8 Å². The van der Waals surface area contributed by atoms with Gasteiger partial charge in [0.15, 0.2) is 6.10 Å². The predicted octanol–water partition coefficient (Wildman–Crippen LogP) is 1.64. The molecule has 1 atom stereocenters. The lowest BCUT2D eigenvalue weighted by atomic mass is 10.2. The molecular formula is C11H12ClNO4. The number of benzene rings is 1. The minimum absolute atomic E-state index is 0.158. The number of hydrogen-bond donors (Lipinski definition) is 1. The van der Waals surface area contributed by atoms with E-state index in [1.807, 2.05) is 0 Å². The maximum absolute atomic E-state index is 11.7. The van der Waals surface area contributed by atoms with Gasteiger partial charge in [-0.3, -0.25) is 0 Å². The standard InChI is InChI=1S/C11H12ClNO4/c1-6(10(14)16-2)17-11(15)8-4-3-7(12)5-9(8)13/h3-6H,13H2,1-2H3. The first kappa shape index (κ1) is 13.3. The number of halogens is 1. The summed E-state index contributed by atoms with van der Waals surface area (Å²) < 4.78 is 9.30. The summed E-state index contributed by atoms with van der Waals surface area (Å²) in [6, 6.07) is 4.38. The van der Waals surface area contributed by atoms with Crippen LogP contribution >= 0.6 is 11.6 Å². The molecule has 17 heavy (non-hydrogen) atoms. The van der Waals surface area contributed by atoms with E-state index in [4.69, 9.17) is 22.1 Å². The van der Waals surface area contributed by atoms with Gasteiger partial charge in [0.25, 0.3) is 0 Å². The summed E-state index contributed by atoms with van der Waals surface area (Å²) in [5.74, 6) is -1.33. The third kappa shape index (κ3) is 3.35. The number of anilines is 1. The monoisotopic (exact) mass is 257 g/mol. The van der Waals surface area contributed by atoms with E-state index >= 15 is 0 Å². The zero-order valence-corrected chi connectivity index (χ0v) is 10.2. The Kier molecular flexibility index (Phi) is 4.34. The quantitative estimate of drug-likeness (QED) is 0.658. The molecule has 0 aromatic heterocycles. The Morgan fingerprint density at radius 3 is 2.59 bits per heavy atom. The molecule has 0 aliphatic rings. The molecule has 1 aromatic carbocycles. The van der Waals surface area contributed by atoms with E-state index in [1.54, 1.807) is 0 Å². The number of methoxy groups -OCH3 is 1. The average Bonchev–Trinajstić information content (AvgIpc) is 2.27. The van der Waals surface area contributed by atoms with Gasteiger partial charge in [0.1, 0.15) is 0 Å². The minimum Gasteiger partial charge on any atom is -0.466 e. The fourth-order valence-electron chi connectivity index (χ4n) is 1.16. The first-order valence-electron chi connectivity index (χ1n) is 4.79. The zero-order valence-electron chi connectivity index (χ0n) is 9.40. The molecule has 92 valence electrons. The summed E-state index contributed by atoms with van der Waals surface area (Å²) in [7, 11) is 1.21. The van der Waals surface area contributed by atoms with E-state index in [0.29, 0.717) is 5.02 Å². The van der Waals surface area contributed by atoms with Gasteiger partial charge in [0.2, 0.25) is 0 Å². The van der Waals surface area contributed by atoms with E-state index in [1.165, 1.54) is 32.2 Å². The van der Waals surface area contributed by atoms with Gasteiger partial charge in [-0.1, -0.05) is 11.6 Å². The lowest BCUT2D eigenvalue weighted by molar-refractivity contribution is -0.149. The highest BCUT2D eigenvalue weighted by atomic mass is 35.5. The number of rotatable bonds is 3. The van der Waals surface area contributed by atoms with Crippen molar-refractivity contribution in [3.8, 4) is 0 Å². The number of nitrogen functional groups attached to an aromatic ring is 1. The highest BCUT2D eigenvalue weighted by Gasteiger charge is 2.20. The van der Waals surface area contributed by atoms with E-state index in [9.17, 15) is 9.59 Å². The SMILES string of the molecule is COC(=O)C(C)OC(=O)c1ccc(Cl)cc1N. The van der Waals surface area contributed by atoms with Gasteiger partial charge < -0.3 is 15.2 Å². The van der Waals surface area contributed by atoms with Crippen LogP contribution < -0.4 is 5.73 Å². The summed E-state index contributed by atoms with van der Waals surface area (Å²) in [5.41, 5.74) is 5.96. The van der Waals surface area contributed by atoms with Crippen LogP contribution in [0.15, 0.2) is 18.2 Å². The van der Waals surface area contributed by atoms with Crippen LogP contribution in [-0.4, -0.2) is 25.2 Å². The van der Waals surface area contributed by atoms with Crippen molar-refractivity contribution in [1.82, 2.24) is 0 Å².